The Bertz CT molecular complexity index is 414. The summed E-state index contributed by atoms with van der Waals surface area (Å²) in [5.74, 6) is 0.612. The van der Waals surface area contributed by atoms with Crippen LogP contribution in [0, 0.1) is 11.3 Å². The van der Waals surface area contributed by atoms with Crippen molar-refractivity contribution in [2.24, 2.45) is 0 Å². The molecule has 1 unspecified atom stereocenters. The Hall–Kier alpha value is -1.18. The van der Waals surface area contributed by atoms with E-state index in [0.29, 0.717) is 17.2 Å². The van der Waals surface area contributed by atoms with Crippen LogP contribution >= 0.6 is 23.4 Å². The number of thioether (sulfide) groups is 1. The molecule has 1 N–H and O–H groups in total. The van der Waals surface area contributed by atoms with Crippen LogP contribution in [0.15, 0.2) is 24.3 Å². The molecule has 90 valence electrons. The first-order valence-corrected chi connectivity index (χ1v) is 6.61. The molecule has 0 heterocycles. The number of halogens is 1. The van der Waals surface area contributed by atoms with E-state index in [1.165, 1.54) is 11.8 Å². The van der Waals surface area contributed by atoms with Gasteiger partial charge in [0.2, 0.25) is 5.91 Å². The quantitative estimate of drug-likeness (QED) is 0.834. The Morgan fingerprint density at radius 1 is 1.53 bits per heavy atom. The Morgan fingerprint density at radius 3 is 2.76 bits per heavy atom. The highest BCUT2D eigenvalue weighted by Crippen LogP contribution is 2.16. The number of nitrogens with zero attached hydrogens (tertiary/aromatic N) is 1. The number of nitrogens with one attached hydrogen (secondary N) is 1. The van der Waals surface area contributed by atoms with E-state index in [9.17, 15) is 4.79 Å². The highest BCUT2D eigenvalue weighted by molar-refractivity contribution is 8.00. The van der Waals surface area contributed by atoms with Crippen LogP contribution in [-0.2, 0) is 4.79 Å². The molecule has 0 radical (unpaired) electrons. The Balaban J connectivity index is 2.43. The van der Waals surface area contributed by atoms with Crippen LogP contribution in [0.5, 0.6) is 0 Å². The zero-order valence-electron chi connectivity index (χ0n) is 9.44. The summed E-state index contributed by atoms with van der Waals surface area (Å²) in [5, 5.41) is 11.7. The number of rotatable bonds is 5. The van der Waals surface area contributed by atoms with Gasteiger partial charge in [-0.3, -0.25) is 4.79 Å². The fourth-order valence-electron chi connectivity index (χ4n) is 1.13. The smallest absolute Gasteiger partial charge is 0.237 e. The summed E-state index contributed by atoms with van der Waals surface area (Å²) in [6, 6.07) is 9.02. The molecule has 0 spiro atoms. The monoisotopic (exact) mass is 268 g/mol. The Morgan fingerprint density at radius 2 is 2.18 bits per heavy atom. The van der Waals surface area contributed by atoms with Gasteiger partial charge in [0.05, 0.1) is 11.3 Å². The largest absolute Gasteiger partial charge is 0.325 e. The number of anilines is 1. The lowest BCUT2D eigenvalue weighted by atomic mass is 10.3. The molecule has 0 saturated heterocycles. The van der Waals surface area contributed by atoms with Gasteiger partial charge in [-0.1, -0.05) is 11.6 Å². The molecular formula is C12H13ClN2OS. The summed E-state index contributed by atoms with van der Waals surface area (Å²) < 4.78 is 0. The molecule has 1 atom stereocenters. The molecule has 1 amide bonds. The van der Waals surface area contributed by atoms with Gasteiger partial charge in [0.25, 0.3) is 0 Å². The van der Waals surface area contributed by atoms with Crippen molar-refractivity contribution in [3.8, 4) is 6.07 Å². The van der Waals surface area contributed by atoms with Gasteiger partial charge in [-0.15, -0.1) is 11.8 Å². The summed E-state index contributed by atoms with van der Waals surface area (Å²) in [4.78, 5) is 11.7. The maximum atomic E-state index is 11.7. The van der Waals surface area contributed by atoms with Gasteiger partial charge in [-0.25, -0.2) is 0 Å². The lowest BCUT2D eigenvalue weighted by Gasteiger charge is -2.11. The average molecular weight is 269 g/mol. The van der Waals surface area contributed by atoms with Crippen LogP contribution in [-0.4, -0.2) is 16.9 Å². The number of amides is 1. The summed E-state index contributed by atoms with van der Waals surface area (Å²) in [6.07, 6.45) is 0.462. The summed E-state index contributed by atoms with van der Waals surface area (Å²) in [5.41, 5.74) is 0.729. The first-order valence-electron chi connectivity index (χ1n) is 5.18. The minimum absolute atomic E-state index is 0.0599. The number of nitriles is 1. The van der Waals surface area contributed by atoms with Crippen LogP contribution in [0.1, 0.15) is 13.3 Å². The van der Waals surface area contributed by atoms with Gasteiger partial charge in [-0.2, -0.15) is 5.26 Å². The fourth-order valence-corrected chi connectivity index (χ4v) is 2.03. The van der Waals surface area contributed by atoms with Gasteiger partial charge in [-0.05, 0) is 31.2 Å². The fraction of sp³-hybridized carbons (Fsp3) is 0.333. The van der Waals surface area contributed by atoms with Gasteiger partial charge in [0.1, 0.15) is 0 Å². The maximum absolute atomic E-state index is 11.7. The van der Waals surface area contributed by atoms with Gasteiger partial charge >= 0.3 is 0 Å². The Labute approximate surface area is 110 Å². The van der Waals surface area contributed by atoms with E-state index < -0.39 is 0 Å². The lowest BCUT2D eigenvalue weighted by molar-refractivity contribution is -0.115. The molecule has 0 saturated carbocycles. The third-order valence-corrected chi connectivity index (χ3v) is 3.47. The van der Waals surface area contributed by atoms with Crippen molar-refractivity contribution in [2.45, 2.75) is 18.6 Å². The maximum Gasteiger partial charge on any atom is 0.237 e. The zero-order chi connectivity index (χ0) is 12.7. The van der Waals surface area contributed by atoms with Crippen LogP contribution in [0.4, 0.5) is 5.69 Å². The minimum atomic E-state index is -0.168. The number of carbonyl (C=O) groups excluding carboxylic acids is 1. The van der Waals surface area contributed by atoms with Crippen molar-refractivity contribution in [1.29, 1.82) is 5.26 Å². The van der Waals surface area contributed by atoms with Crippen LogP contribution in [0.2, 0.25) is 5.02 Å². The van der Waals surface area contributed by atoms with Crippen LogP contribution < -0.4 is 5.32 Å². The molecule has 17 heavy (non-hydrogen) atoms. The molecule has 1 aromatic rings. The third-order valence-electron chi connectivity index (χ3n) is 2.06. The number of carbonyl (C=O) groups is 1. The number of hydrogen-bond donors (Lipinski definition) is 1. The minimum Gasteiger partial charge on any atom is -0.325 e. The number of benzene rings is 1. The van der Waals surface area contributed by atoms with E-state index in [-0.39, 0.29) is 11.2 Å². The lowest BCUT2D eigenvalue weighted by Crippen LogP contribution is -2.22. The average Bonchev–Trinajstić information content (AvgIpc) is 2.32. The van der Waals surface area contributed by atoms with Crippen molar-refractivity contribution in [1.82, 2.24) is 0 Å². The predicted molar refractivity (Wildman–Crippen MR) is 72.2 cm³/mol. The Kier molecular flexibility index (Phi) is 5.88. The molecule has 3 nitrogen and oxygen atoms in total. The van der Waals surface area contributed by atoms with Crippen molar-refractivity contribution in [3.05, 3.63) is 29.3 Å². The molecule has 1 rings (SSSR count). The molecule has 0 fully saturated rings. The van der Waals surface area contributed by atoms with Crippen molar-refractivity contribution >= 4 is 35.0 Å². The van der Waals surface area contributed by atoms with E-state index in [2.05, 4.69) is 11.4 Å². The van der Waals surface area contributed by atoms with Gasteiger partial charge in [0, 0.05) is 22.9 Å². The van der Waals surface area contributed by atoms with Crippen LogP contribution in [0.25, 0.3) is 0 Å². The van der Waals surface area contributed by atoms with E-state index in [1.807, 2.05) is 6.92 Å². The second kappa shape index (κ2) is 7.21. The molecule has 0 aromatic heterocycles. The highest BCUT2D eigenvalue weighted by atomic mass is 35.5. The molecule has 1 aromatic carbocycles. The van der Waals surface area contributed by atoms with Gasteiger partial charge in [0.15, 0.2) is 0 Å². The van der Waals surface area contributed by atoms with Crippen molar-refractivity contribution in [2.75, 3.05) is 11.1 Å². The zero-order valence-corrected chi connectivity index (χ0v) is 11.0. The second-order valence-electron chi connectivity index (χ2n) is 3.42. The van der Waals surface area contributed by atoms with E-state index in [1.54, 1.807) is 24.3 Å². The van der Waals surface area contributed by atoms with Crippen molar-refractivity contribution < 1.29 is 4.79 Å². The normalized spacial score (nSPS) is 11.6. The molecule has 0 bridgehead atoms. The molecule has 5 heteroatoms. The van der Waals surface area contributed by atoms with Crippen LogP contribution in [0.3, 0.4) is 0 Å². The summed E-state index contributed by atoms with van der Waals surface area (Å²) in [7, 11) is 0. The molecule has 0 aliphatic carbocycles. The first kappa shape index (κ1) is 13.9. The van der Waals surface area contributed by atoms with E-state index in [4.69, 9.17) is 16.9 Å². The second-order valence-corrected chi connectivity index (χ2v) is 5.30. The van der Waals surface area contributed by atoms with E-state index >= 15 is 0 Å². The van der Waals surface area contributed by atoms with E-state index in [0.717, 1.165) is 5.69 Å². The predicted octanol–water partition coefficient (Wildman–Crippen LogP) is 3.31. The summed E-state index contributed by atoms with van der Waals surface area (Å²) >= 11 is 7.22. The molecule has 0 aliphatic heterocycles. The summed E-state index contributed by atoms with van der Waals surface area (Å²) in [6.45, 7) is 1.83. The number of hydrogen-bond acceptors (Lipinski definition) is 3. The SMILES string of the molecule is CC(SCCC#N)C(=O)Nc1ccc(Cl)cc1. The van der Waals surface area contributed by atoms with Gasteiger partial charge < -0.3 is 5.32 Å². The molecule has 0 aliphatic rings. The first-order chi connectivity index (χ1) is 8.13. The highest BCUT2D eigenvalue weighted by Gasteiger charge is 2.12. The standard InChI is InChI=1S/C12H13ClN2OS/c1-9(17-8-2-7-14)12(16)15-11-5-3-10(13)4-6-11/h3-6,9H,2,8H2,1H3,(H,15,16). The third kappa shape index (κ3) is 5.12. The molecular weight excluding hydrogens is 256 g/mol. The topological polar surface area (TPSA) is 52.9 Å². The van der Waals surface area contributed by atoms with Crippen molar-refractivity contribution in [3.63, 3.8) is 0 Å².